The van der Waals surface area contributed by atoms with Gasteiger partial charge in [0, 0.05) is 6.42 Å². The molecule has 0 spiro atoms. The topological polar surface area (TPSA) is 143 Å². The number of carbonyl (C=O) groups excluding carboxylic acids is 2. The molecule has 210 valence electrons. The van der Waals surface area contributed by atoms with Gasteiger partial charge in [0.25, 0.3) is 11.1 Å². The molecule has 2 heterocycles. The third kappa shape index (κ3) is 8.62. The van der Waals surface area contributed by atoms with Crippen molar-refractivity contribution in [3.05, 3.63) is 127 Å². The number of hydrogen-bond donors (Lipinski definition) is 3. The predicted molar refractivity (Wildman–Crippen MR) is 154 cm³/mol. The van der Waals surface area contributed by atoms with Crippen LogP contribution in [0.15, 0.2) is 88.6 Å². The summed E-state index contributed by atoms with van der Waals surface area (Å²) >= 11 is 0. The van der Waals surface area contributed by atoms with Crippen molar-refractivity contribution in [2.45, 2.75) is 38.8 Å². The molecule has 4 aromatic rings. The molecule has 4 rings (SSSR count). The van der Waals surface area contributed by atoms with Gasteiger partial charge in [-0.15, -0.1) is 0 Å². The van der Waals surface area contributed by atoms with Crippen molar-refractivity contribution in [2.75, 3.05) is 0 Å². The van der Waals surface area contributed by atoms with E-state index in [1.807, 2.05) is 60.7 Å². The van der Waals surface area contributed by atoms with Crippen LogP contribution in [0.1, 0.15) is 37.6 Å². The lowest BCUT2D eigenvalue weighted by Crippen LogP contribution is -2.46. The molecule has 2 aromatic carbocycles. The normalized spacial score (nSPS) is 13.0. The van der Waals surface area contributed by atoms with E-state index in [1.54, 1.807) is 26.8 Å². The average Bonchev–Trinajstić information content (AvgIpc) is 2.92. The first kappa shape index (κ1) is 28.8. The Kier molecular flexibility index (Phi) is 8.93. The number of nitrogens with one attached hydrogen (secondary N) is 3. The van der Waals surface area contributed by atoms with Crippen LogP contribution in [0.3, 0.4) is 0 Å². The molecule has 0 bridgehead atoms. The molecule has 3 N–H and O–H groups in total. The fourth-order valence-electron chi connectivity index (χ4n) is 3.78. The Balaban J connectivity index is 1.51. The molecular formula is C31H30N4O6. The molecular weight excluding hydrogens is 524 g/mol. The maximum atomic E-state index is 13.0. The summed E-state index contributed by atoms with van der Waals surface area (Å²) in [5.41, 5.74) is 0.227. The van der Waals surface area contributed by atoms with E-state index in [-0.39, 0.29) is 22.9 Å². The van der Waals surface area contributed by atoms with E-state index < -0.39 is 34.8 Å². The van der Waals surface area contributed by atoms with Crippen LogP contribution in [0.4, 0.5) is 4.79 Å². The smallest absolute Gasteiger partial charge is 0.408 e. The first-order chi connectivity index (χ1) is 19.6. The molecule has 41 heavy (non-hydrogen) atoms. The van der Waals surface area contributed by atoms with Gasteiger partial charge in [0.1, 0.15) is 28.1 Å². The summed E-state index contributed by atoms with van der Waals surface area (Å²) in [6.07, 6.45) is 3.73. The van der Waals surface area contributed by atoms with E-state index >= 15 is 0 Å². The van der Waals surface area contributed by atoms with Crippen molar-refractivity contribution in [2.24, 2.45) is 0 Å². The standard InChI is InChI=1S/C31H30N4O6/c1-31(2,3)41-30(39)35-26(17-21-12-8-5-9-13-21)29(38)40-23-15-14-22(32-19-23)18-25-28(37)33-24(27(36)34-25)16-20-10-6-4-7-11-20/h4-16,18-19,26H,17H2,1-3H3,(H,33,37)(H,34,36)(H,35,39)/b24-16-,25-18-. The number of alkyl carbamates (subject to hydrolysis) is 1. The third-order valence-electron chi connectivity index (χ3n) is 5.62. The Hall–Kier alpha value is -5.25. The van der Waals surface area contributed by atoms with Gasteiger partial charge in [-0.05, 0) is 56.2 Å². The van der Waals surface area contributed by atoms with Crippen LogP contribution in [-0.4, -0.2) is 38.7 Å². The summed E-state index contributed by atoms with van der Waals surface area (Å²) in [5.74, 6) is -0.573. The monoisotopic (exact) mass is 554 g/mol. The summed E-state index contributed by atoms with van der Waals surface area (Å²) in [7, 11) is 0. The van der Waals surface area contributed by atoms with Gasteiger partial charge in [-0.3, -0.25) is 14.6 Å². The second-order valence-electron chi connectivity index (χ2n) is 10.2. The maximum absolute atomic E-state index is 13.0. The average molecular weight is 555 g/mol. The summed E-state index contributed by atoms with van der Waals surface area (Å²) in [6, 6.07) is 20.3. The van der Waals surface area contributed by atoms with Gasteiger partial charge in [0.15, 0.2) is 0 Å². The number of ether oxygens (including phenoxy) is 2. The minimum absolute atomic E-state index is 0.0157. The van der Waals surface area contributed by atoms with Crippen LogP contribution < -0.4 is 31.9 Å². The van der Waals surface area contributed by atoms with Gasteiger partial charge >= 0.3 is 12.1 Å². The van der Waals surface area contributed by atoms with Gasteiger partial charge < -0.3 is 24.8 Å². The molecule has 10 heteroatoms. The Morgan fingerprint density at radius 1 is 0.878 bits per heavy atom. The number of hydrogen-bond acceptors (Lipinski definition) is 7. The number of aromatic nitrogens is 3. The highest BCUT2D eigenvalue weighted by molar-refractivity contribution is 5.83. The van der Waals surface area contributed by atoms with Gasteiger partial charge in [-0.25, -0.2) is 9.59 Å². The number of aromatic amines is 2. The fraction of sp³-hybridized carbons (Fsp3) is 0.194. The van der Waals surface area contributed by atoms with Crippen LogP contribution in [0.2, 0.25) is 0 Å². The zero-order valence-electron chi connectivity index (χ0n) is 22.8. The lowest BCUT2D eigenvalue weighted by atomic mass is 10.1. The fourth-order valence-corrected chi connectivity index (χ4v) is 3.78. The van der Waals surface area contributed by atoms with E-state index in [0.717, 1.165) is 11.1 Å². The van der Waals surface area contributed by atoms with E-state index in [0.29, 0.717) is 5.69 Å². The largest absolute Gasteiger partial charge is 0.444 e. The Morgan fingerprint density at radius 2 is 1.49 bits per heavy atom. The van der Waals surface area contributed by atoms with E-state index in [9.17, 15) is 19.2 Å². The van der Waals surface area contributed by atoms with Crippen molar-refractivity contribution >= 4 is 24.2 Å². The molecule has 2 aromatic heterocycles. The molecule has 10 nitrogen and oxygen atoms in total. The Bertz CT molecular complexity index is 1740. The van der Waals surface area contributed by atoms with Gasteiger partial charge in [-0.1, -0.05) is 60.7 Å². The minimum Gasteiger partial charge on any atom is -0.444 e. The molecule has 1 unspecified atom stereocenters. The second-order valence-corrected chi connectivity index (χ2v) is 10.2. The minimum atomic E-state index is -1.02. The zero-order chi connectivity index (χ0) is 29.4. The molecule has 0 fully saturated rings. The number of nitrogens with zero attached hydrogens (tertiary/aromatic N) is 1. The molecule has 1 amide bonds. The molecule has 0 aliphatic carbocycles. The van der Waals surface area contributed by atoms with E-state index in [2.05, 4.69) is 20.3 Å². The molecule has 0 radical (unpaired) electrons. The highest BCUT2D eigenvalue weighted by Crippen LogP contribution is 2.13. The first-order valence-corrected chi connectivity index (χ1v) is 12.9. The summed E-state index contributed by atoms with van der Waals surface area (Å²) in [4.78, 5) is 59.9. The molecule has 1 atom stereocenters. The maximum Gasteiger partial charge on any atom is 0.408 e. The Labute approximate surface area is 235 Å². The zero-order valence-corrected chi connectivity index (χ0v) is 22.8. The van der Waals surface area contributed by atoms with Gasteiger partial charge in [-0.2, -0.15) is 0 Å². The molecule has 0 saturated heterocycles. The quantitative estimate of drug-likeness (QED) is 0.297. The summed E-state index contributed by atoms with van der Waals surface area (Å²) in [5, 5.41) is 2.72. The highest BCUT2D eigenvalue weighted by atomic mass is 16.6. The number of esters is 1. The van der Waals surface area contributed by atoms with Crippen molar-refractivity contribution in [3.8, 4) is 5.75 Å². The van der Waals surface area contributed by atoms with Crippen LogP contribution in [0, 0.1) is 0 Å². The molecule has 0 aliphatic heterocycles. The summed E-state index contributed by atoms with van der Waals surface area (Å²) in [6.45, 7) is 5.17. The summed E-state index contributed by atoms with van der Waals surface area (Å²) < 4.78 is 10.8. The van der Waals surface area contributed by atoms with E-state index in [1.165, 1.54) is 24.4 Å². The van der Waals surface area contributed by atoms with Crippen molar-refractivity contribution in [1.29, 1.82) is 0 Å². The number of pyridine rings is 1. The molecule has 0 saturated carbocycles. The van der Waals surface area contributed by atoms with Crippen LogP contribution in [-0.2, 0) is 16.0 Å². The number of rotatable bonds is 7. The van der Waals surface area contributed by atoms with Crippen LogP contribution in [0.25, 0.3) is 12.2 Å². The number of carbonyl (C=O) groups is 2. The second kappa shape index (κ2) is 12.7. The number of H-pyrrole nitrogens is 2. The van der Waals surface area contributed by atoms with Crippen molar-refractivity contribution < 1.29 is 19.1 Å². The number of amides is 1. The Morgan fingerprint density at radius 3 is 2.07 bits per heavy atom. The van der Waals surface area contributed by atoms with E-state index in [4.69, 9.17) is 9.47 Å². The highest BCUT2D eigenvalue weighted by Gasteiger charge is 2.26. The van der Waals surface area contributed by atoms with Crippen LogP contribution in [0.5, 0.6) is 5.75 Å². The van der Waals surface area contributed by atoms with Crippen LogP contribution >= 0.6 is 0 Å². The van der Waals surface area contributed by atoms with Gasteiger partial charge in [0.05, 0.1) is 11.9 Å². The lowest BCUT2D eigenvalue weighted by Gasteiger charge is -2.23. The lowest BCUT2D eigenvalue weighted by molar-refractivity contribution is -0.136. The van der Waals surface area contributed by atoms with Crippen molar-refractivity contribution in [3.63, 3.8) is 0 Å². The van der Waals surface area contributed by atoms with Gasteiger partial charge in [0.2, 0.25) is 0 Å². The predicted octanol–water partition coefficient (Wildman–Crippen LogP) is 2.16. The third-order valence-corrected chi connectivity index (χ3v) is 5.62. The van der Waals surface area contributed by atoms with Crippen molar-refractivity contribution in [1.82, 2.24) is 20.3 Å². The first-order valence-electron chi connectivity index (χ1n) is 12.9. The molecule has 0 aliphatic rings. The SMILES string of the molecule is CC(C)(C)OC(=O)NC(Cc1ccccc1)C(=O)Oc1ccc(/C=c2\[nH]c(=O)/c(=C/c3ccccc3)[nH]c2=O)nc1. The number of benzene rings is 2.